The Balaban J connectivity index is 1.88. The second-order valence-corrected chi connectivity index (χ2v) is 7.57. The lowest BCUT2D eigenvalue weighted by atomic mass is 9.88. The van der Waals surface area contributed by atoms with E-state index in [1.165, 1.54) is 19.3 Å². The first-order valence-corrected chi connectivity index (χ1v) is 9.48. The predicted molar refractivity (Wildman–Crippen MR) is 93.4 cm³/mol. The van der Waals surface area contributed by atoms with Gasteiger partial charge in [0.05, 0.1) is 12.5 Å². The second-order valence-electron chi connectivity index (χ2n) is 6.42. The number of methoxy groups -OCH3 is 1. The number of ether oxygens (including phenoxy) is 1. The molecular weight excluding hydrogens is 326 g/mol. The van der Waals surface area contributed by atoms with Crippen LogP contribution in [0.3, 0.4) is 0 Å². The Morgan fingerprint density at radius 3 is 2.67 bits per heavy atom. The van der Waals surface area contributed by atoms with Gasteiger partial charge in [0.1, 0.15) is 11.8 Å². The maximum atomic E-state index is 13.1. The second kappa shape index (κ2) is 7.47. The van der Waals surface area contributed by atoms with Gasteiger partial charge in [-0.05, 0) is 37.0 Å². The van der Waals surface area contributed by atoms with Crippen molar-refractivity contribution >= 4 is 23.6 Å². The minimum absolute atomic E-state index is 0.0369. The normalized spacial score (nSPS) is 24.8. The minimum atomic E-state index is -0.919. The van der Waals surface area contributed by atoms with Gasteiger partial charge in [-0.2, -0.15) is 0 Å². The monoisotopic (exact) mass is 349 g/mol. The maximum absolute atomic E-state index is 13.1. The maximum Gasteiger partial charge on any atom is 0.327 e. The van der Waals surface area contributed by atoms with Gasteiger partial charge in [0.25, 0.3) is 5.91 Å². The molecule has 2 aliphatic rings. The van der Waals surface area contributed by atoms with Crippen molar-refractivity contribution in [1.82, 2.24) is 4.90 Å². The van der Waals surface area contributed by atoms with Gasteiger partial charge in [-0.25, -0.2) is 4.79 Å². The summed E-state index contributed by atoms with van der Waals surface area (Å²) in [5, 5.41) is 9.53. The van der Waals surface area contributed by atoms with Gasteiger partial charge in [0, 0.05) is 11.3 Å². The summed E-state index contributed by atoms with van der Waals surface area (Å²) in [5.41, 5.74) is 0.490. The van der Waals surface area contributed by atoms with Gasteiger partial charge >= 0.3 is 5.97 Å². The molecule has 1 saturated carbocycles. The van der Waals surface area contributed by atoms with Crippen molar-refractivity contribution in [2.75, 3.05) is 12.9 Å². The Kier molecular flexibility index (Phi) is 5.33. The third-order valence-electron chi connectivity index (χ3n) is 4.92. The van der Waals surface area contributed by atoms with E-state index in [-0.39, 0.29) is 11.3 Å². The van der Waals surface area contributed by atoms with Crippen molar-refractivity contribution in [3.8, 4) is 5.75 Å². The molecule has 2 atom stereocenters. The molecule has 0 unspecified atom stereocenters. The zero-order chi connectivity index (χ0) is 17.1. The van der Waals surface area contributed by atoms with Gasteiger partial charge in [0.2, 0.25) is 0 Å². The van der Waals surface area contributed by atoms with Crippen LogP contribution in [-0.2, 0) is 4.79 Å². The van der Waals surface area contributed by atoms with Crippen LogP contribution in [0.1, 0.15) is 42.5 Å². The number of hydrogen-bond donors (Lipinski definition) is 1. The van der Waals surface area contributed by atoms with E-state index in [1.807, 2.05) is 0 Å². The number of carbonyl (C=O) groups excluding carboxylic acids is 1. The number of carbonyl (C=O) groups is 2. The number of aliphatic carboxylic acids is 1. The smallest absolute Gasteiger partial charge is 0.327 e. The average molecular weight is 349 g/mol. The molecule has 0 radical (unpaired) electrons. The Hall–Kier alpha value is -1.69. The molecule has 1 aromatic carbocycles. The van der Waals surface area contributed by atoms with Crippen LogP contribution >= 0.6 is 11.8 Å². The fourth-order valence-corrected chi connectivity index (χ4v) is 5.29. The zero-order valence-corrected chi connectivity index (χ0v) is 14.6. The van der Waals surface area contributed by atoms with E-state index in [9.17, 15) is 14.7 Å². The number of benzene rings is 1. The molecule has 5 nitrogen and oxygen atoms in total. The largest absolute Gasteiger partial charge is 0.497 e. The zero-order valence-electron chi connectivity index (χ0n) is 13.8. The quantitative estimate of drug-likeness (QED) is 0.904. The van der Waals surface area contributed by atoms with Crippen LogP contribution in [-0.4, -0.2) is 46.2 Å². The molecule has 1 saturated heterocycles. The molecular formula is C18H23NO4S. The van der Waals surface area contributed by atoms with Crippen molar-refractivity contribution in [3.63, 3.8) is 0 Å². The highest BCUT2D eigenvalue weighted by molar-refractivity contribution is 8.00. The minimum Gasteiger partial charge on any atom is -0.497 e. The van der Waals surface area contributed by atoms with Crippen LogP contribution in [0.15, 0.2) is 24.3 Å². The van der Waals surface area contributed by atoms with Crippen LogP contribution in [0.4, 0.5) is 0 Å². The Morgan fingerprint density at radius 2 is 2.00 bits per heavy atom. The van der Waals surface area contributed by atoms with Crippen molar-refractivity contribution < 1.29 is 19.4 Å². The van der Waals surface area contributed by atoms with Crippen molar-refractivity contribution in [2.45, 2.75) is 43.5 Å². The summed E-state index contributed by atoms with van der Waals surface area (Å²) in [4.78, 5) is 26.4. The van der Waals surface area contributed by atoms with Crippen LogP contribution in [0.5, 0.6) is 5.75 Å². The molecule has 2 fully saturated rings. The predicted octanol–water partition coefficient (Wildman–Crippen LogP) is 3.24. The Bertz CT molecular complexity index is 615. The van der Waals surface area contributed by atoms with Crippen molar-refractivity contribution in [1.29, 1.82) is 0 Å². The fraction of sp³-hybridized carbons (Fsp3) is 0.556. The van der Waals surface area contributed by atoms with Crippen LogP contribution in [0.25, 0.3) is 0 Å². The third-order valence-corrected chi connectivity index (χ3v) is 6.39. The highest BCUT2D eigenvalue weighted by Crippen LogP contribution is 2.41. The standard InChI is InChI=1S/C18H23NO4S/c1-23-14-9-5-8-13(10-14)16(20)19-15(18(21)22)11-24-17(19)12-6-3-2-4-7-12/h5,8-10,12,15,17H,2-4,6-7,11H2,1H3,(H,21,22)/t15-,17+/m1/s1. The number of hydrogen-bond acceptors (Lipinski definition) is 4. The van der Waals surface area contributed by atoms with Gasteiger partial charge in [-0.1, -0.05) is 25.3 Å². The van der Waals surface area contributed by atoms with Crippen molar-refractivity contribution in [2.24, 2.45) is 5.92 Å². The molecule has 1 N–H and O–H groups in total. The lowest BCUT2D eigenvalue weighted by Gasteiger charge is -2.34. The molecule has 24 heavy (non-hydrogen) atoms. The number of carboxylic acid groups (broad SMARTS) is 1. The number of rotatable bonds is 4. The summed E-state index contributed by atoms with van der Waals surface area (Å²) >= 11 is 1.62. The summed E-state index contributed by atoms with van der Waals surface area (Å²) in [6, 6.07) is 6.21. The topological polar surface area (TPSA) is 66.8 Å². The molecule has 1 amide bonds. The van der Waals surface area contributed by atoms with Gasteiger partial charge < -0.3 is 14.7 Å². The lowest BCUT2D eigenvalue weighted by molar-refractivity contribution is -0.141. The van der Waals surface area contributed by atoms with E-state index >= 15 is 0 Å². The lowest BCUT2D eigenvalue weighted by Crippen LogP contribution is -2.48. The first-order valence-electron chi connectivity index (χ1n) is 8.43. The first kappa shape index (κ1) is 17.1. The number of thioether (sulfide) groups is 1. The van der Waals surface area contributed by atoms with E-state index in [0.717, 1.165) is 12.8 Å². The van der Waals surface area contributed by atoms with Crippen LogP contribution < -0.4 is 4.74 Å². The SMILES string of the molecule is COc1cccc(C(=O)N2[C@@H](C(=O)O)CS[C@H]2C2CCCCC2)c1. The molecule has 1 heterocycles. The molecule has 3 rings (SSSR count). The van der Waals surface area contributed by atoms with Gasteiger partial charge in [-0.3, -0.25) is 4.79 Å². The van der Waals surface area contributed by atoms with E-state index in [0.29, 0.717) is 23.0 Å². The summed E-state index contributed by atoms with van der Waals surface area (Å²) in [6.45, 7) is 0. The molecule has 0 spiro atoms. The first-order chi connectivity index (χ1) is 11.6. The number of carboxylic acids is 1. The summed E-state index contributed by atoms with van der Waals surface area (Å²) in [7, 11) is 1.56. The molecule has 0 aromatic heterocycles. The number of nitrogens with zero attached hydrogens (tertiary/aromatic N) is 1. The van der Waals surface area contributed by atoms with Crippen LogP contribution in [0.2, 0.25) is 0 Å². The number of amides is 1. The van der Waals surface area contributed by atoms with E-state index in [4.69, 9.17) is 4.74 Å². The molecule has 130 valence electrons. The fourth-order valence-electron chi connectivity index (χ4n) is 3.66. The molecule has 1 aromatic rings. The summed E-state index contributed by atoms with van der Waals surface area (Å²) in [5.74, 6) is 0.335. The summed E-state index contributed by atoms with van der Waals surface area (Å²) in [6.07, 6.45) is 5.72. The highest BCUT2D eigenvalue weighted by atomic mass is 32.2. The molecule has 1 aliphatic heterocycles. The average Bonchev–Trinajstić information content (AvgIpc) is 3.07. The van der Waals surface area contributed by atoms with Crippen LogP contribution in [0, 0.1) is 5.92 Å². The van der Waals surface area contributed by atoms with Gasteiger partial charge in [-0.15, -0.1) is 11.8 Å². The van der Waals surface area contributed by atoms with E-state index in [1.54, 1.807) is 48.0 Å². The highest BCUT2D eigenvalue weighted by Gasteiger charge is 2.45. The summed E-state index contributed by atoms with van der Waals surface area (Å²) < 4.78 is 5.19. The van der Waals surface area contributed by atoms with E-state index in [2.05, 4.69) is 0 Å². The Morgan fingerprint density at radius 1 is 1.25 bits per heavy atom. The van der Waals surface area contributed by atoms with Gasteiger partial charge in [0.15, 0.2) is 0 Å². The van der Waals surface area contributed by atoms with E-state index < -0.39 is 12.0 Å². The molecule has 1 aliphatic carbocycles. The Labute approximate surface area is 146 Å². The van der Waals surface area contributed by atoms with Crippen molar-refractivity contribution in [3.05, 3.63) is 29.8 Å². The molecule has 0 bridgehead atoms. The molecule has 6 heteroatoms. The third kappa shape index (κ3) is 3.38.